The van der Waals surface area contributed by atoms with E-state index in [4.69, 9.17) is 16.0 Å². The van der Waals surface area contributed by atoms with E-state index in [-0.39, 0.29) is 11.9 Å². The van der Waals surface area contributed by atoms with Crippen LogP contribution in [0.4, 0.5) is 15.9 Å². The van der Waals surface area contributed by atoms with Crippen molar-refractivity contribution in [2.75, 3.05) is 11.1 Å². The molecule has 0 radical (unpaired) electrons. The molecule has 2 aromatic heterocycles. The van der Waals surface area contributed by atoms with Gasteiger partial charge in [-0.25, -0.2) is 19.9 Å². The maximum atomic E-state index is 14.0. The van der Waals surface area contributed by atoms with Gasteiger partial charge in [0.2, 0.25) is 0 Å². The van der Waals surface area contributed by atoms with Gasteiger partial charge in [0.1, 0.15) is 35.1 Å². The molecule has 9 heteroatoms. The van der Waals surface area contributed by atoms with Crippen LogP contribution in [0, 0.1) is 11.3 Å². The molecule has 5 rings (SSSR count). The molecule has 8 nitrogen and oxygen atoms in total. The van der Waals surface area contributed by atoms with E-state index in [9.17, 15) is 4.39 Å². The van der Waals surface area contributed by atoms with Gasteiger partial charge in [0.05, 0.1) is 23.2 Å². The third kappa shape index (κ3) is 4.19. The van der Waals surface area contributed by atoms with Gasteiger partial charge in [0.25, 0.3) is 0 Å². The van der Waals surface area contributed by atoms with E-state index in [1.807, 2.05) is 42.0 Å². The van der Waals surface area contributed by atoms with Crippen LogP contribution in [0.25, 0.3) is 22.2 Å². The Morgan fingerprint density at radius 1 is 1.24 bits per heavy atom. The Morgan fingerprint density at radius 3 is 2.71 bits per heavy atom. The molecular weight excluding hydrogens is 433 g/mol. The van der Waals surface area contributed by atoms with Crippen LogP contribution in [0.2, 0.25) is 0 Å². The minimum absolute atomic E-state index is 0.300. The second-order valence-electron chi connectivity index (χ2n) is 8.23. The molecule has 1 unspecified atom stereocenters. The molecule has 0 amide bonds. The normalized spacial score (nSPS) is 14.7. The second kappa shape index (κ2) is 8.93. The van der Waals surface area contributed by atoms with Gasteiger partial charge in [-0.1, -0.05) is 24.3 Å². The fraction of sp³-hybridized carbons (Fsp3) is 0.200. The van der Waals surface area contributed by atoms with Crippen molar-refractivity contribution in [3.63, 3.8) is 0 Å². The average Bonchev–Trinajstić information content (AvgIpc) is 3.57. The molecule has 2 heterocycles. The fourth-order valence-corrected chi connectivity index (χ4v) is 3.83. The molecule has 34 heavy (non-hydrogen) atoms. The van der Waals surface area contributed by atoms with Crippen LogP contribution in [0.5, 0.6) is 5.75 Å². The van der Waals surface area contributed by atoms with Crippen molar-refractivity contribution in [3.05, 3.63) is 78.8 Å². The number of para-hydroxylation sites is 1. The van der Waals surface area contributed by atoms with Gasteiger partial charge in [0.15, 0.2) is 0 Å². The summed E-state index contributed by atoms with van der Waals surface area (Å²) >= 11 is 0. The van der Waals surface area contributed by atoms with Crippen molar-refractivity contribution in [1.29, 1.82) is 5.53 Å². The first-order chi connectivity index (χ1) is 16.5. The SMILES string of the molecule is CC(/C(=C/Nc1ccccc1F)N=N)n1cc(-c2ccc(OC3CC3)cc2)c2c(N)ncnc21. The first kappa shape index (κ1) is 21.6. The Labute approximate surface area is 195 Å². The number of nitrogens with two attached hydrogens (primary N) is 1. The van der Waals surface area contributed by atoms with Gasteiger partial charge >= 0.3 is 0 Å². The van der Waals surface area contributed by atoms with Crippen LogP contribution >= 0.6 is 0 Å². The largest absolute Gasteiger partial charge is 0.490 e. The zero-order chi connectivity index (χ0) is 23.7. The van der Waals surface area contributed by atoms with Gasteiger partial charge < -0.3 is 20.4 Å². The van der Waals surface area contributed by atoms with E-state index in [0.717, 1.165) is 35.1 Å². The number of halogens is 1. The molecule has 1 atom stereocenters. The summed E-state index contributed by atoms with van der Waals surface area (Å²) in [4.78, 5) is 8.64. The smallest absolute Gasteiger partial charge is 0.146 e. The fourth-order valence-electron chi connectivity index (χ4n) is 3.83. The van der Waals surface area contributed by atoms with Crippen LogP contribution in [-0.2, 0) is 0 Å². The summed E-state index contributed by atoms with van der Waals surface area (Å²) in [7, 11) is 0. The number of benzene rings is 2. The molecule has 2 aromatic carbocycles. The molecule has 4 N–H and O–H groups in total. The van der Waals surface area contributed by atoms with Crippen LogP contribution in [0.15, 0.2) is 78.1 Å². The van der Waals surface area contributed by atoms with Crippen molar-refractivity contribution in [1.82, 2.24) is 14.5 Å². The van der Waals surface area contributed by atoms with E-state index in [1.54, 1.807) is 18.2 Å². The summed E-state index contributed by atoms with van der Waals surface area (Å²) in [6, 6.07) is 13.8. The van der Waals surface area contributed by atoms with Crippen LogP contribution in [-0.4, -0.2) is 20.6 Å². The molecule has 4 aromatic rings. The Hall–Kier alpha value is -4.27. The first-order valence-corrected chi connectivity index (χ1v) is 11.0. The molecular formula is C25H24FN7O. The summed E-state index contributed by atoms with van der Waals surface area (Å²) in [5, 5.41) is 7.30. The third-order valence-corrected chi connectivity index (χ3v) is 5.85. The van der Waals surface area contributed by atoms with Gasteiger partial charge in [-0.2, -0.15) is 5.11 Å². The number of nitrogens with one attached hydrogen (secondary N) is 2. The minimum atomic E-state index is -0.390. The summed E-state index contributed by atoms with van der Waals surface area (Å²) in [5.74, 6) is 0.811. The van der Waals surface area contributed by atoms with Crippen LogP contribution < -0.4 is 15.8 Å². The van der Waals surface area contributed by atoms with Crippen LogP contribution in [0.3, 0.4) is 0 Å². The number of aromatic nitrogens is 3. The molecule has 0 aliphatic heterocycles. The van der Waals surface area contributed by atoms with Crippen molar-refractivity contribution in [3.8, 4) is 16.9 Å². The lowest BCUT2D eigenvalue weighted by molar-refractivity contribution is 0.303. The number of hydrogen-bond donors (Lipinski definition) is 3. The number of allylic oxidation sites excluding steroid dienone is 1. The molecule has 0 spiro atoms. The maximum absolute atomic E-state index is 14.0. The number of fused-ring (bicyclic) bond motifs is 1. The predicted molar refractivity (Wildman–Crippen MR) is 129 cm³/mol. The summed E-state index contributed by atoms with van der Waals surface area (Å²) in [6.07, 6.45) is 7.40. The minimum Gasteiger partial charge on any atom is -0.490 e. The Kier molecular flexibility index (Phi) is 5.67. The quantitative estimate of drug-likeness (QED) is 0.285. The van der Waals surface area contributed by atoms with E-state index in [2.05, 4.69) is 20.4 Å². The molecule has 0 saturated heterocycles. The van der Waals surface area contributed by atoms with Crippen molar-refractivity contribution in [2.24, 2.45) is 5.11 Å². The van der Waals surface area contributed by atoms with Crippen molar-refractivity contribution < 1.29 is 9.13 Å². The first-order valence-electron chi connectivity index (χ1n) is 11.0. The Balaban J connectivity index is 1.51. The standard InChI is InChI=1S/C25H24FN7O/c1-15(22(32-28)12-29-21-5-3-2-4-20(21)26)33-13-19(23-24(27)30-14-31-25(23)33)16-6-8-17(9-7-16)34-18-10-11-18/h2-9,12-15,18,28-29H,10-11H2,1H3,(H2,27,30,31)/b22-12-,32-28?. The highest BCUT2D eigenvalue weighted by Gasteiger charge is 2.24. The lowest BCUT2D eigenvalue weighted by Gasteiger charge is -2.15. The highest BCUT2D eigenvalue weighted by atomic mass is 19.1. The number of anilines is 2. The predicted octanol–water partition coefficient (Wildman–Crippen LogP) is 5.91. The van der Waals surface area contributed by atoms with Gasteiger partial charge in [-0.3, -0.25) is 0 Å². The van der Waals surface area contributed by atoms with E-state index in [1.165, 1.54) is 18.6 Å². The van der Waals surface area contributed by atoms with E-state index < -0.39 is 0 Å². The average molecular weight is 458 g/mol. The zero-order valence-corrected chi connectivity index (χ0v) is 18.6. The van der Waals surface area contributed by atoms with Crippen molar-refractivity contribution >= 4 is 22.5 Å². The number of hydrogen-bond acceptors (Lipinski definition) is 7. The monoisotopic (exact) mass is 457 g/mol. The molecule has 172 valence electrons. The molecule has 1 aliphatic rings. The van der Waals surface area contributed by atoms with Gasteiger partial charge in [-0.15, -0.1) is 0 Å². The number of nitrogen functional groups attached to an aromatic ring is 1. The molecule has 1 aliphatic carbocycles. The van der Waals surface area contributed by atoms with Crippen molar-refractivity contribution in [2.45, 2.75) is 31.9 Å². The van der Waals surface area contributed by atoms with Gasteiger partial charge in [-0.05, 0) is 49.6 Å². The lowest BCUT2D eigenvalue weighted by atomic mass is 10.1. The van der Waals surface area contributed by atoms with E-state index >= 15 is 0 Å². The third-order valence-electron chi connectivity index (χ3n) is 5.85. The maximum Gasteiger partial charge on any atom is 0.146 e. The summed E-state index contributed by atoms with van der Waals surface area (Å²) in [5.41, 5.74) is 17.1. The molecule has 1 saturated carbocycles. The second-order valence-corrected chi connectivity index (χ2v) is 8.23. The van der Waals surface area contributed by atoms with Crippen LogP contribution in [0.1, 0.15) is 25.8 Å². The topological polar surface area (TPSA) is 114 Å². The van der Waals surface area contributed by atoms with Gasteiger partial charge in [0, 0.05) is 18.0 Å². The Morgan fingerprint density at radius 2 is 2.00 bits per heavy atom. The molecule has 0 bridgehead atoms. The number of ether oxygens (including phenoxy) is 1. The number of nitrogens with zero attached hydrogens (tertiary/aromatic N) is 4. The summed E-state index contributed by atoms with van der Waals surface area (Å²) < 4.78 is 21.8. The zero-order valence-electron chi connectivity index (χ0n) is 18.6. The number of rotatable bonds is 8. The summed E-state index contributed by atoms with van der Waals surface area (Å²) in [6.45, 7) is 1.89. The highest BCUT2D eigenvalue weighted by molar-refractivity contribution is 6.00. The molecule has 1 fully saturated rings. The van der Waals surface area contributed by atoms with E-state index in [0.29, 0.717) is 29.0 Å². The highest BCUT2D eigenvalue weighted by Crippen LogP contribution is 2.37. The lowest BCUT2D eigenvalue weighted by Crippen LogP contribution is -2.08. The Bertz CT molecular complexity index is 1380.